The fourth-order valence-electron chi connectivity index (χ4n) is 2.73. The number of benzene rings is 2. The molecule has 0 fully saturated rings. The molecule has 0 atom stereocenters. The highest BCUT2D eigenvalue weighted by Gasteiger charge is 2.13. The van der Waals surface area contributed by atoms with Crippen LogP contribution in [0.15, 0.2) is 57.7 Å². The van der Waals surface area contributed by atoms with E-state index in [-0.39, 0.29) is 12.1 Å². The molecule has 6 nitrogen and oxygen atoms in total. The van der Waals surface area contributed by atoms with Gasteiger partial charge in [-0.1, -0.05) is 29.8 Å². The maximum Gasteiger partial charge on any atom is 0.261 e. The molecule has 0 saturated heterocycles. The van der Waals surface area contributed by atoms with Gasteiger partial charge in [0.1, 0.15) is 12.4 Å². The molecule has 25 heavy (non-hydrogen) atoms. The van der Waals surface area contributed by atoms with Gasteiger partial charge in [-0.3, -0.25) is 9.36 Å². The van der Waals surface area contributed by atoms with Crippen LogP contribution in [0, 0.1) is 13.8 Å². The van der Waals surface area contributed by atoms with Crippen molar-refractivity contribution in [3.8, 4) is 11.5 Å². The monoisotopic (exact) mass is 332 g/mol. The van der Waals surface area contributed by atoms with E-state index >= 15 is 0 Å². The molecule has 0 unspecified atom stereocenters. The van der Waals surface area contributed by atoms with Crippen molar-refractivity contribution in [1.29, 1.82) is 0 Å². The smallest absolute Gasteiger partial charge is 0.261 e. The lowest BCUT2D eigenvalue weighted by Crippen LogP contribution is -2.24. The fourth-order valence-corrected chi connectivity index (χ4v) is 2.73. The quantitative estimate of drug-likeness (QED) is 0.576. The van der Waals surface area contributed by atoms with Gasteiger partial charge in [-0.05, 0) is 38.1 Å². The van der Waals surface area contributed by atoms with Crippen molar-refractivity contribution in [2.24, 2.45) is 0 Å². The minimum Gasteiger partial charge on any atom is -0.419 e. The summed E-state index contributed by atoms with van der Waals surface area (Å²) in [6.45, 7) is 4.01. The molecule has 124 valence electrons. The topological polar surface area (TPSA) is 73.8 Å². The fraction of sp³-hybridized carbons (Fsp3) is 0.158. The number of nitrogens with zero attached hydrogens (tertiary/aromatic N) is 4. The van der Waals surface area contributed by atoms with E-state index in [1.807, 2.05) is 49.4 Å². The van der Waals surface area contributed by atoms with E-state index in [9.17, 15) is 4.79 Å². The highest BCUT2D eigenvalue weighted by Crippen LogP contribution is 2.18. The third-order valence-corrected chi connectivity index (χ3v) is 4.11. The summed E-state index contributed by atoms with van der Waals surface area (Å²) in [4.78, 5) is 17.2. The van der Waals surface area contributed by atoms with Gasteiger partial charge in [0.2, 0.25) is 11.8 Å². The Hall–Kier alpha value is -3.28. The van der Waals surface area contributed by atoms with Crippen LogP contribution in [0.4, 0.5) is 0 Å². The van der Waals surface area contributed by atoms with Gasteiger partial charge in [0.25, 0.3) is 5.56 Å². The van der Waals surface area contributed by atoms with Gasteiger partial charge in [0.05, 0.1) is 10.9 Å². The van der Waals surface area contributed by atoms with Crippen molar-refractivity contribution in [3.63, 3.8) is 0 Å². The number of aryl methyl sites for hydroxylation is 2. The van der Waals surface area contributed by atoms with E-state index < -0.39 is 0 Å². The molecule has 0 aliphatic heterocycles. The van der Waals surface area contributed by atoms with Crippen molar-refractivity contribution in [2.75, 3.05) is 0 Å². The number of para-hydroxylation sites is 1. The second-order valence-corrected chi connectivity index (χ2v) is 5.93. The first-order valence-corrected chi connectivity index (χ1v) is 7.97. The standard InChI is InChI=1S/C19H16N4O2/c1-12-7-9-14(10-8-12)18-22-21-17(25-18)11-23-13(2)20-16-6-4-3-5-15(16)19(23)24/h3-10H,11H2,1-2H3. The predicted molar refractivity (Wildman–Crippen MR) is 94.3 cm³/mol. The molecule has 2 heterocycles. The number of rotatable bonds is 3. The van der Waals surface area contributed by atoms with Crippen LogP contribution in [0.3, 0.4) is 0 Å². The van der Waals surface area contributed by atoms with E-state index in [0.29, 0.717) is 28.5 Å². The summed E-state index contributed by atoms with van der Waals surface area (Å²) in [7, 11) is 0. The SMILES string of the molecule is Cc1ccc(-c2nnc(Cn3c(C)nc4ccccc4c3=O)o2)cc1. The van der Waals surface area contributed by atoms with Gasteiger partial charge < -0.3 is 4.42 Å². The molecule has 0 aliphatic rings. The molecular weight excluding hydrogens is 316 g/mol. The number of aromatic nitrogens is 4. The first-order chi connectivity index (χ1) is 12.1. The maximum absolute atomic E-state index is 12.7. The third-order valence-electron chi connectivity index (χ3n) is 4.11. The van der Waals surface area contributed by atoms with E-state index in [4.69, 9.17) is 4.42 Å². The zero-order valence-corrected chi connectivity index (χ0v) is 13.9. The number of hydrogen-bond donors (Lipinski definition) is 0. The van der Waals surface area contributed by atoms with Crippen molar-refractivity contribution < 1.29 is 4.42 Å². The summed E-state index contributed by atoms with van der Waals surface area (Å²) < 4.78 is 7.28. The van der Waals surface area contributed by atoms with Crippen molar-refractivity contribution in [1.82, 2.24) is 19.7 Å². The third kappa shape index (κ3) is 2.82. The highest BCUT2D eigenvalue weighted by atomic mass is 16.4. The van der Waals surface area contributed by atoms with Crippen LogP contribution in [0.1, 0.15) is 17.3 Å². The zero-order valence-electron chi connectivity index (χ0n) is 13.9. The summed E-state index contributed by atoms with van der Waals surface area (Å²) in [6.07, 6.45) is 0. The second-order valence-electron chi connectivity index (χ2n) is 5.93. The minimum atomic E-state index is -0.113. The normalized spacial score (nSPS) is 11.1. The van der Waals surface area contributed by atoms with Gasteiger partial charge in [-0.25, -0.2) is 4.98 Å². The van der Waals surface area contributed by atoms with E-state index in [1.165, 1.54) is 0 Å². The predicted octanol–water partition coefficient (Wildman–Crippen LogP) is 3.11. The molecule has 0 N–H and O–H groups in total. The average molecular weight is 332 g/mol. The molecule has 4 aromatic rings. The van der Waals surface area contributed by atoms with Gasteiger partial charge in [-0.2, -0.15) is 0 Å². The Bertz CT molecular complexity index is 1110. The molecule has 0 radical (unpaired) electrons. The molecule has 4 rings (SSSR count). The molecule has 6 heteroatoms. The van der Waals surface area contributed by atoms with Crippen LogP contribution in [0.5, 0.6) is 0 Å². The van der Waals surface area contributed by atoms with Crippen molar-refractivity contribution in [2.45, 2.75) is 20.4 Å². The Morgan fingerprint density at radius 1 is 1.00 bits per heavy atom. The summed E-state index contributed by atoms with van der Waals surface area (Å²) in [5.74, 6) is 1.42. The highest BCUT2D eigenvalue weighted by molar-refractivity contribution is 5.77. The lowest BCUT2D eigenvalue weighted by Gasteiger charge is -2.08. The average Bonchev–Trinajstić information content (AvgIpc) is 3.08. The molecule has 2 aromatic carbocycles. The van der Waals surface area contributed by atoms with Crippen LogP contribution in [0.2, 0.25) is 0 Å². The number of hydrogen-bond acceptors (Lipinski definition) is 5. The Morgan fingerprint density at radius 2 is 1.76 bits per heavy atom. The van der Waals surface area contributed by atoms with E-state index in [1.54, 1.807) is 17.6 Å². The molecule has 0 amide bonds. The second kappa shape index (κ2) is 5.98. The zero-order chi connectivity index (χ0) is 17.4. The summed E-state index contributed by atoms with van der Waals surface area (Å²) in [5.41, 5.74) is 2.59. The van der Waals surface area contributed by atoms with Gasteiger partial charge in [-0.15, -0.1) is 10.2 Å². The summed E-state index contributed by atoms with van der Waals surface area (Å²) in [6, 6.07) is 15.1. The Morgan fingerprint density at radius 3 is 2.56 bits per heavy atom. The molecule has 0 saturated carbocycles. The summed E-state index contributed by atoms with van der Waals surface area (Å²) >= 11 is 0. The molecule has 0 spiro atoms. The van der Waals surface area contributed by atoms with Gasteiger partial charge >= 0.3 is 0 Å². The van der Waals surface area contributed by atoms with Crippen LogP contribution in [0.25, 0.3) is 22.4 Å². The minimum absolute atomic E-state index is 0.113. The van der Waals surface area contributed by atoms with Gasteiger partial charge in [0.15, 0.2) is 0 Å². The largest absolute Gasteiger partial charge is 0.419 e. The van der Waals surface area contributed by atoms with E-state index in [2.05, 4.69) is 15.2 Å². The molecular formula is C19H16N4O2. The molecule has 2 aromatic heterocycles. The summed E-state index contributed by atoms with van der Waals surface area (Å²) in [5, 5.41) is 8.73. The van der Waals surface area contributed by atoms with Crippen LogP contribution >= 0.6 is 0 Å². The van der Waals surface area contributed by atoms with Crippen LogP contribution < -0.4 is 5.56 Å². The van der Waals surface area contributed by atoms with Crippen molar-refractivity contribution >= 4 is 10.9 Å². The van der Waals surface area contributed by atoms with Gasteiger partial charge in [0, 0.05) is 5.56 Å². The Balaban J connectivity index is 1.70. The molecule has 0 aliphatic carbocycles. The van der Waals surface area contributed by atoms with Crippen molar-refractivity contribution in [3.05, 3.63) is 76.2 Å². The molecule has 0 bridgehead atoms. The first kappa shape index (κ1) is 15.3. The maximum atomic E-state index is 12.7. The Labute approximate surface area is 143 Å². The Kier molecular flexibility index (Phi) is 3.65. The van der Waals surface area contributed by atoms with Crippen LogP contribution in [-0.4, -0.2) is 19.7 Å². The lowest BCUT2D eigenvalue weighted by atomic mass is 10.1. The van der Waals surface area contributed by atoms with E-state index in [0.717, 1.165) is 11.1 Å². The van der Waals surface area contributed by atoms with Crippen LogP contribution in [-0.2, 0) is 6.54 Å². The number of fused-ring (bicyclic) bond motifs is 1. The first-order valence-electron chi connectivity index (χ1n) is 7.97. The lowest BCUT2D eigenvalue weighted by molar-refractivity contribution is 0.480.